The number of aliphatic hydroxyl groups is 2. The first-order valence-electron chi connectivity index (χ1n) is 9.87. The Labute approximate surface area is 184 Å². The van der Waals surface area contributed by atoms with E-state index in [1.165, 1.54) is 45.0 Å². The van der Waals surface area contributed by atoms with Crippen LogP contribution in [0.15, 0.2) is 24.3 Å². The summed E-state index contributed by atoms with van der Waals surface area (Å²) in [5.41, 5.74) is 6.02. The zero-order valence-corrected chi connectivity index (χ0v) is 18.0. The Morgan fingerprint density at radius 2 is 1.44 bits per heavy atom. The second kappa shape index (κ2) is 12.0. The Hall–Kier alpha value is -3.22. The van der Waals surface area contributed by atoms with Gasteiger partial charge in [0.05, 0.1) is 12.2 Å². The van der Waals surface area contributed by atoms with Crippen LogP contribution in [-0.4, -0.2) is 80.5 Å². The monoisotopic (exact) mass is 454 g/mol. The lowest BCUT2D eigenvalue weighted by Crippen LogP contribution is -2.60. The molecule has 9 N–H and O–H groups in total. The van der Waals surface area contributed by atoms with Gasteiger partial charge in [-0.3, -0.25) is 14.4 Å². The molecule has 0 fully saturated rings. The molecule has 178 valence electrons. The Balaban J connectivity index is 2.82. The fraction of sp³-hybridized carbons (Fsp3) is 0.500. The molecular formula is C20H30N4O8. The summed E-state index contributed by atoms with van der Waals surface area (Å²) < 4.78 is 0. The van der Waals surface area contributed by atoms with Crippen LogP contribution >= 0.6 is 0 Å². The number of carboxylic acid groups (broad SMARTS) is 1. The minimum Gasteiger partial charge on any atom is -0.508 e. The number of aliphatic hydroxyl groups excluding tert-OH is 2. The molecule has 0 aliphatic rings. The summed E-state index contributed by atoms with van der Waals surface area (Å²) >= 11 is 0. The minimum atomic E-state index is -1.51. The molecule has 1 rings (SSSR count). The number of hydrogen-bond acceptors (Lipinski definition) is 8. The number of benzene rings is 1. The van der Waals surface area contributed by atoms with Gasteiger partial charge in [0.2, 0.25) is 17.7 Å². The molecule has 32 heavy (non-hydrogen) atoms. The summed E-state index contributed by atoms with van der Waals surface area (Å²) in [6.45, 7) is 3.84. The zero-order valence-electron chi connectivity index (χ0n) is 18.0. The highest BCUT2D eigenvalue weighted by molar-refractivity contribution is 5.94. The largest absolute Gasteiger partial charge is 0.508 e. The maximum absolute atomic E-state index is 12.6. The zero-order chi connectivity index (χ0) is 24.6. The van der Waals surface area contributed by atoms with E-state index < -0.39 is 60.1 Å². The van der Waals surface area contributed by atoms with E-state index >= 15 is 0 Å². The molecule has 0 aliphatic carbocycles. The summed E-state index contributed by atoms with van der Waals surface area (Å²) in [6.07, 6.45) is -2.64. The fourth-order valence-electron chi connectivity index (χ4n) is 2.61. The van der Waals surface area contributed by atoms with Crippen molar-refractivity contribution in [1.82, 2.24) is 16.0 Å². The molecule has 0 saturated carbocycles. The normalized spacial score (nSPS) is 16.6. The maximum Gasteiger partial charge on any atom is 0.326 e. The number of phenols is 1. The molecule has 0 spiro atoms. The lowest BCUT2D eigenvalue weighted by molar-refractivity contribution is -0.143. The standard InChI is InChI=1S/C20H30N4O8/c1-9(22-18(29)15(21)10(2)25)17(28)24-16(11(3)26)19(30)23-14(20(31)32)8-12-4-6-13(27)7-5-12/h4-7,9-11,14-16,25-27H,8,21H2,1-3H3,(H,22,29)(H,23,30)(H,24,28)(H,31,32). The molecule has 0 aliphatic heterocycles. The van der Waals surface area contributed by atoms with E-state index in [0.717, 1.165) is 0 Å². The molecule has 12 nitrogen and oxygen atoms in total. The quantitative estimate of drug-likeness (QED) is 0.178. The lowest BCUT2D eigenvalue weighted by Gasteiger charge is -2.25. The average molecular weight is 454 g/mol. The van der Waals surface area contributed by atoms with Gasteiger partial charge in [-0.2, -0.15) is 0 Å². The van der Waals surface area contributed by atoms with E-state index in [-0.39, 0.29) is 12.2 Å². The third-order valence-corrected chi connectivity index (χ3v) is 4.63. The predicted octanol–water partition coefficient (Wildman–Crippen LogP) is -2.42. The topological polar surface area (TPSA) is 211 Å². The first-order valence-corrected chi connectivity index (χ1v) is 9.87. The average Bonchev–Trinajstić information content (AvgIpc) is 2.71. The van der Waals surface area contributed by atoms with Crippen LogP contribution in [0.5, 0.6) is 5.75 Å². The number of rotatable bonds is 11. The molecule has 0 heterocycles. The molecule has 6 unspecified atom stereocenters. The van der Waals surface area contributed by atoms with E-state index in [2.05, 4.69) is 16.0 Å². The smallest absolute Gasteiger partial charge is 0.326 e. The second-order valence-corrected chi connectivity index (χ2v) is 7.49. The Bertz CT molecular complexity index is 812. The molecule has 1 aromatic rings. The van der Waals surface area contributed by atoms with Crippen LogP contribution in [0.4, 0.5) is 0 Å². The SMILES string of the molecule is CC(NC(=O)C(N)C(C)O)C(=O)NC(C(=O)NC(Cc1ccc(O)cc1)C(=O)O)C(C)O. The number of carbonyl (C=O) groups is 4. The van der Waals surface area contributed by atoms with Crippen LogP contribution in [0.3, 0.4) is 0 Å². The number of phenolic OH excluding ortho intramolecular Hbond substituents is 1. The minimum absolute atomic E-state index is 0.00263. The predicted molar refractivity (Wildman–Crippen MR) is 112 cm³/mol. The third kappa shape index (κ3) is 8.13. The maximum atomic E-state index is 12.6. The molecule has 0 saturated heterocycles. The van der Waals surface area contributed by atoms with E-state index in [4.69, 9.17) is 5.73 Å². The number of aliphatic carboxylic acids is 1. The molecule has 1 aromatic carbocycles. The van der Waals surface area contributed by atoms with Gasteiger partial charge in [0.25, 0.3) is 0 Å². The number of aromatic hydroxyl groups is 1. The summed E-state index contributed by atoms with van der Waals surface area (Å²) in [5, 5.41) is 44.8. The number of nitrogens with two attached hydrogens (primary N) is 1. The van der Waals surface area contributed by atoms with E-state index in [1.54, 1.807) is 0 Å². The number of carbonyl (C=O) groups excluding carboxylic acids is 3. The number of carboxylic acids is 1. The Morgan fingerprint density at radius 3 is 1.91 bits per heavy atom. The first-order chi connectivity index (χ1) is 14.8. The van der Waals surface area contributed by atoms with Crippen molar-refractivity contribution in [3.8, 4) is 5.75 Å². The van der Waals surface area contributed by atoms with E-state index in [9.17, 15) is 39.6 Å². The van der Waals surface area contributed by atoms with Crippen molar-refractivity contribution in [2.24, 2.45) is 5.73 Å². The van der Waals surface area contributed by atoms with Crippen molar-refractivity contribution in [3.63, 3.8) is 0 Å². The van der Waals surface area contributed by atoms with Crippen molar-refractivity contribution >= 4 is 23.7 Å². The van der Waals surface area contributed by atoms with Gasteiger partial charge in [-0.1, -0.05) is 12.1 Å². The summed E-state index contributed by atoms with van der Waals surface area (Å²) in [6, 6.07) is 0.426. The Kier molecular flexibility index (Phi) is 10.0. The molecule has 6 atom stereocenters. The van der Waals surface area contributed by atoms with E-state index in [0.29, 0.717) is 5.56 Å². The summed E-state index contributed by atoms with van der Waals surface area (Å²) in [4.78, 5) is 48.4. The van der Waals surface area contributed by atoms with Crippen molar-refractivity contribution < 1.29 is 39.6 Å². The van der Waals surface area contributed by atoms with E-state index in [1.807, 2.05) is 0 Å². The number of nitrogens with one attached hydrogen (secondary N) is 3. The van der Waals surface area contributed by atoms with Crippen LogP contribution in [0.1, 0.15) is 26.3 Å². The van der Waals surface area contributed by atoms with Crippen LogP contribution in [-0.2, 0) is 25.6 Å². The molecule has 0 radical (unpaired) electrons. The number of amides is 3. The molecule has 12 heteroatoms. The van der Waals surface area contributed by atoms with Crippen molar-refractivity contribution in [2.75, 3.05) is 0 Å². The lowest BCUT2D eigenvalue weighted by atomic mass is 10.0. The van der Waals surface area contributed by atoms with Gasteiger partial charge >= 0.3 is 5.97 Å². The highest BCUT2D eigenvalue weighted by Crippen LogP contribution is 2.11. The van der Waals surface area contributed by atoms with Gasteiger partial charge in [-0.25, -0.2) is 4.79 Å². The van der Waals surface area contributed by atoms with Gasteiger partial charge in [0.15, 0.2) is 0 Å². The van der Waals surface area contributed by atoms with Crippen LogP contribution in [0.25, 0.3) is 0 Å². The third-order valence-electron chi connectivity index (χ3n) is 4.63. The van der Waals surface area contributed by atoms with Gasteiger partial charge in [-0.15, -0.1) is 0 Å². The number of hydrogen-bond donors (Lipinski definition) is 8. The van der Waals surface area contributed by atoms with Gasteiger partial charge in [0, 0.05) is 6.42 Å². The summed E-state index contributed by atoms with van der Waals surface area (Å²) in [7, 11) is 0. The van der Waals surface area contributed by atoms with Crippen LogP contribution in [0.2, 0.25) is 0 Å². The Morgan fingerprint density at radius 1 is 0.875 bits per heavy atom. The van der Waals surface area contributed by atoms with Gasteiger partial charge in [0.1, 0.15) is 29.9 Å². The van der Waals surface area contributed by atoms with Gasteiger partial charge in [-0.05, 0) is 38.5 Å². The fourth-order valence-corrected chi connectivity index (χ4v) is 2.61. The van der Waals surface area contributed by atoms with Crippen molar-refractivity contribution in [2.45, 2.75) is 63.6 Å². The molecular weight excluding hydrogens is 424 g/mol. The molecule has 0 bridgehead atoms. The second-order valence-electron chi connectivity index (χ2n) is 7.49. The van der Waals surface area contributed by atoms with Crippen molar-refractivity contribution in [3.05, 3.63) is 29.8 Å². The molecule has 3 amide bonds. The van der Waals surface area contributed by atoms with Crippen LogP contribution in [0, 0.1) is 0 Å². The van der Waals surface area contributed by atoms with Crippen LogP contribution < -0.4 is 21.7 Å². The first kappa shape index (κ1) is 26.8. The highest BCUT2D eigenvalue weighted by atomic mass is 16.4. The highest BCUT2D eigenvalue weighted by Gasteiger charge is 2.32. The summed E-state index contributed by atoms with van der Waals surface area (Å²) in [5.74, 6) is -3.91. The van der Waals surface area contributed by atoms with Gasteiger partial charge < -0.3 is 42.1 Å². The molecule has 0 aromatic heterocycles. The van der Waals surface area contributed by atoms with Crippen molar-refractivity contribution in [1.29, 1.82) is 0 Å².